The summed E-state index contributed by atoms with van der Waals surface area (Å²) in [5.41, 5.74) is 2.80. The number of carbonyl (C=O) groups is 2. The van der Waals surface area contributed by atoms with Crippen molar-refractivity contribution in [2.45, 2.75) is 32.6 Å². The Morgan fingerprint density at radius 2 is 1.90 bits per heavy atom. The van der Waals surface area contributed by atoms with E-state index >= 15 is 0 Å². The molecule has 1 amide bonds. The number of benzene rings is 1. The van der Waals surface area contributed by atoms with Crippen LogP contribution in [0.25, 0.3) is 0 Å². The van der Waals surface area contributed by atoms with Crippen molar-refractivity contribution in [2.75, 3.05) is 29.5 Å². The highest BCUT2D eigenvalue weighted by molar-refractivity contribution is 7.92. The minimum Gasteiger partial charge on any atom is -0.465 e. The molecule has 3 rings (SSSR count). The van der Waals surface area contributed by atoms with Gasteiger partial charge in [-0.1, -0.05) is 19.1 Å². The van der Waals surface area contributed by atoms with E-state index in [0.717, 1.165) is 52.2 Å². The van der Waals surface area contributed by atoms with E-state index in [1.54, 1.807) is 12.1 Å². The Morgan fingerprint density at radius 3 is 2.48 bits per heavy atom. The molecule has 29 heavy (non-hydrogen) atoms. The first-order valence-electron chi connectivity index (χ1n) is 9.34. The van der Waals surface area contributed by atoms with Gasteiger partial charge in [0.05, 0.1) is 24.6 Å². The quantitative estimate of drug-likeness (QED) is 0.674. The number of amides is 1. The maximum Gasteiger partial charge on any atom is 0.341 e. The van der Waals surface area contributed by atoms with Crippen LogP contribution < -0.4 is 9.62 Å². The molecular weight excluding hydrogens is 412 g/mol. The summed E-state index contributed by atoms with van der Waals surface area (Å²) in [4.78, 5) is 26.0. The van der Waals surface area contributed by atoms with Crippen molar-refractivity contribution in [1.29, 1.82) is 0 Å². The standard InChI is InChI=1S/C20H24N2O5S2/c1-4-13-8-10-14(11-9-13)22(29(3,25)26)12-17(23)21-19-18(20(24)27-2)15-6-5-7-16(15)28-19/h8-11H,4-7,12H2,1-3H3,(H,21,23). The molecule has 0 radical (unpaired) electrons. The fourth-order valence-electron chi connectivity index (χ4n) is 3.40. The molecule has 156 valence electrons. The number of anilines is 2. The zero-order chi connectivity index (χ0) is 21.2. The number of methoxy groups -OCH3 is 1. The van der Waals surface area contributed by atoms with E-state index in [4.69, 9.17) is 4.74 Å². The first kappa shape index (κ1) is 21.3. The summed E-state index contributed by atoms with van der Waals surface area (Å²) < 4.78 is 30.5. The van der Waals surface area contributed by atoms with Crippen LogP contribution in [0.2, 0.25) is 0 Å². The van der Waals surface area contributed by atoms with Crippen LogP contribution in [0.15, 0.2) is 24.3 Å². The van der Waals surface area contributed by atoms with Crippen LogP contribution in [-0.2, 0) is 38.8 Å². The van der Waals surface area contributed by atoms with Gasteiger partial charge in [0.2, 0.25) is 15.9 Å². The van der Waals surface area contributed by atoms with Gasteiger partial charge in [-0.25, -0.2) is 13.2 Å². The first-order valence-corrected chi connectivity index (χ1v) is 12.0. The van der Waals surface area contributed by atoms with E-state index in [1.165, 1.54) is 18.4 Å². The summed E-state index contributed by atoms with van der Waals surface area (Å²) in [6.07, 6.45) is 4.49. The number of nitrogens with zero attached hydrogens (tertiary/aromatic N) is 1. The highest BCUT2D eigenvalue weighted by Gasteiger charge is 2.29. The summed E-state index contributed by atoms with van der Waals surface area (Å²) in [6, 6.07) is 7.05. The van der Waals surface area contributed by atoms with Crippen molar-refractivity contribution in [3.63, 3.8) is 0 Å². The van der Waals surface area contributed by atoms with Gasteiger partial charge in [0.15, 0.2) is 0 Å². The van der Waals surface area contributed by atoms with E-state index in [2.05, 4.69) is 5.32 Å². The Labute approximate surface area is 174 Å². The predicted octanol–water partition coefficient (Wildman–Crippen LogP) is 2.99. The monoisotopic (exact) mass is 436 g/mol. The normalized spacial score (nSPS) is 13.1. The molecule has 1 aliphatic carbocycles. The molecule has 0 saturated heterocycles. The third-order valence-corrected chi connectivity index (χ3v) is 7.23. The van der Waals surface area contributed by atoms with E-state index in [9.17, 15) is 18.0 Å². The second-order valence-electron chi connectivity index (χ2n) is 6.89. The third kappa shape index (κ3) is 4.62. The second-order valence-corrected chi connectivity index (χ2v) is 9.90. The average Bonchev–Trinajstić information content (AvgIpc) is 3.25. The smallest absolute Gasteiger partial charge is 0.341 e. The zero-order valence-corrected chi connectivity index (χ0v) is 18.3. The van der Waals surface area contributed by atoms with Gasteiger partial charge in [-0.15, -0.1) is 11.3 Å². The molecule has 1 N–H and O–H groups in total. The molecule has 9 heteroatoms. The number of ether oxygens (including phenoxy) is 1. The summed E-state index contributed by atoms with van der Waals surface area (Å²) in [5.74, 6) is -1.00. The predicted molar refractivity (Wildman–Crippen MR) is 114 cm³/mol. The lowest BCUT2D eigenvalue weighted by molar-refractivity contribution is -0.114. The summed E-state index contributed by atoms with van der Waals surface area (Å²) in [5, 5.41) is 3.14. The molecule has 0 saturated carbocycles. The van der Waals surface area contributed by atoms with Crippen molar-refractivity contribution in [3.8, 4) is 0 Å². The van der Waals surface area contributed by atoms with E-state index in [-0.39, 0.29) is 6.54 Å². The Balaban J connectivity index is 1.84. The van der Waals surface area contributed by atoms with Crippen LogP contribution >= 0.6 is 11.3 Å². The Bertz CT molecular complexity index is 1030. The number of rotatable bonds is 7. The highest BCUT2D eigenvalue weighted by Crippen LogP contribution is 2.39. The topological polar surface area (TPSA) is 92.8 Å². The fourth-order valence-corrected chi connectivity index (χ4v) is 5.55. The van der Waals surface area contributed by atoms with Gasteiger partial charge >= 0.3 is 5.97 Å². The van der Waals surface area contributed by atoms with Gasteiger partial charge in [0, 0.05) is 4.88 Å². The van der Waals surface area contributed by atoms with Crippen molar-refractivity contribution in [3.05, 3.63) is 45.8 Å². The third-order valence-electron chi connectivity index (χ3n) is 4.88. The van der Waals surface area contributed by atoms with Crippen LogP contribution in [0, 0.1) is 0 Å². The minimum absolute atomic E-state index is 0.381. The molecule has 1 aromatic carbocycles. The minimum atomic E-state index is -3.67. The Kier molecular flexibility index (Phi) is 6.28. The first-order chi connectivity index (χ1) is 13.7. The lowest BCUT2D eigenvalue weighted by atomic mass is 10.1. The molecule has 0 fully saturated rings. The summed E-state index contributed by atoms with van der Waals surface area (Å²) in [6.45, 7) is 1.63. The molecule has 0 unspecified atom stereocenters. The van der Waals surface area contributed by atoms with Crippen molar-refractivity contribution >= 4 is 43.9 Å². The highest BCUT2D eigenvalue weighted by atomic mass is 32.2. The van der Waals surface area contributed by atoms with Crippen molar-refractivity contribution in [2.24, 2.45) is 0 Å². The number of hydrogen-bond donors (Lipinski definition) is 1. The van der Waals surface area contributed by atoms with Gasteiger partial charge in [-0.05, 0) is 48.9 Å². The number of hydrogen-bond acceptors (Lipinski definition) is 6. The molecule has 0 bridgehead atoms. The largest absolute Gasteiger partial charge is 0.465 e. The molecular formula is C20H24N2O5S2. The lowest BCUT2D eigenvalue weighted by Gasteiger charge is -2.22. The molecule has 0 atom stereocenters. The van der Waals surface area contributed by atoms with Crippen LogP contribution in [0.4, 0.5) is 10.7 Å². The Hall–Kier alpha value is -2.39. The fraction of sp³-hybridized carbons (Fsp3) is 0.400. The van der Waals surface area contributed by atoms with Crippen molar-refractivity contribution in [1.82, 2.24) is 0 Å². The van der Waals surface area contributed by atoms with Gasteiger partial charge in [0.1, 0.15) is 11.5 Å². The van der Waals surface area contributed by atoms with Gasteiger partial charge in [-0.2, -0.15) is 0 Å². The van der Waals surface area contributed by atoms with Gasteiger partial charge < -0.3 is 10.1 Å². The SMILES string of the molecule is CCc1ccc(N(CC(=O)Nc2sc3c(c2C(=O)OC)CCC3)S(C)(=O)=O)cc1. The van der Waals surface area contributed by atoms with E-state index in [1.807, 2.05) is 19.1 Å². The van der Waals surface area contributed by atoms with E-state index < -0.39 is 21.9 Å². The molecule has 1 aromatic heterocycles. The molecule has 7 nitrogen and oxygen atoms in total. The van der Waals surface area contributed by atoms with Crippen LogP contribution in [-0.4, -0.2) is 40.2 Å². The van der Waals surface area contributed by atoms with Crippen molar-refractivity contribution < 1.29 is 22.7 Å². The number of esters is 1. The molecule has 2 aromatic rings. The molecule has 0 aliphatic heterocycles. The molecule has 1 aliphatic rings. The second kappa shape index (κ2) is 8.54. The maximum absolute atomic E-state index is 12.7. The van der Waals surface area contributed by atoms with E-state index in [0.29, 0.717) is 16.3 Å². The maximum atomic E-state index is 12.7. The number of aryl methyl sites for hydroxylation is 2. The zero-order valence-electron chi connectivity index (χ0n) is 16.6. The van der Waals surface area contributed by atoms with Crippen LogP contribution in [0.5, 0.6) is 0 Å². The Morgan fingerprint density at radius 1 is 1.21 bits per heavy atom. The van der Waals surface area contributed by atoms with Gasteiger partial charge in [-0.3, -0.25) is 9.10 Å². The molecule has 1 heterocycles. The van der Waals surface area contributed by atoms with Crippen LogP contribution in [0.3, 0.4) is 0 Å². The number of thiophene rings is 1. The summed E-state index contributed by atoms with van der Waals surface area (Å²) in [7, 11) is -2.36. The number of carbonyl (C=O) groups excluding carboxylic acids is 2. The average molecular weight is 437 g/mol. The lowest BCUT2D eigenvalue weighted by Crippen LogP contribution is -2.37. The number of nitrogens with one attached hydrogen (secondary N) is 1. The molecule has 0 spiro atoms. The van der Waals surface area contributed by atoms with Gasteiger partial charge in [0.25, 0.3) is 0 Å². The summed E-state index contributed by atoms with van der Waals surface area (Å²) >= 11 is 1.36. The number of fused-ring (bicyclic) bond motifs is 1. The number of sulfonamides is 1. The van der Waals surface area contributed by atoms with Crippen LogP contribution in [0.1, 0.15) is 39.7 Å².